The molecule has 9 nitrogen and oxygen atoms in total. The van der Waals surface area contributed by atoms with Gasteiger partial charge in [0.25, 0.3) is 11.6 Å². The Morgan fingerprint density at radius 2 is 1.73 bits per heavy atom. The molecule has 0 radical (unpaired) electrons. The number of nitrogens with zero attached hydrogens (tertiary/aromatic N) is 2. The number of amides is 1. The second kappa shape index (κ2) is 9.23. The molecule has 33 heavy (non-hydrogen) atoms. The molecule has 0 fully saturated rings. The van der Waals surface area contributed by atoms with Crippen LogP contribution in [0, 0.1) is 10.1 Å². The fourth-order valence-electron chi connectivity index (χ4n) is 3.34. The number of hydrogen-bond acceptors (Lipinski definition) is 7. The minimum Gasteiger partial charge on any atom is -0.496 e. The molecule has 4 aromatic rings. The van der Waals surface area contributed by atoms with Gasteiger partial charge in [-0.1, -0.05) is 24.3 Å². The summed E-state index contributed by atoms with van der Waals surface area (Å²) in [7, 11) is 2.92. The first-order valence-electron chi connectivity index (χ1n) is 9.83. The van der Waals surface area contributed by atoms with E-state index in [9.17, 15) is 14.9 Å². The first kappa shape index (κ1) is 21.6. The lowest BCUT2D eigenvalue weighted by Crippen LogP contribution is -2.18. The molecule has 0 saturated heterocycles. The number of rotatable bonds is 7. The van der Waals surface area contributed by atoms with Crippen molar-refractivity contribution in [3.63, 3.8) is 0 Å². The summed E-state index contributed by atoms with van der Waals surface area (Å²) in [6, 6.07) is 18.8. The molecular formula is C24H19N3O6. The Morgan fingerprint density at radius 1 is 1.00 bits per heavy atom. The van der Waals surface area contributed by atoms with E-state index in [1.54, 1.807) is 30.3 Å². The number of methoxy groups -OCH3 is 2. The number of hydrazone groups is 1. The molecule has 0 bridgehead atoms. The van der Waals surface area contributed by atoms with Crippen LogP contribution in [-0.2, 0) is 0 Å². The molecule has 1 amide bonds. The van der Waals surface area contributed by atoms with Crippen molar-refractivity contribution < 1.29 is 23.6 Å². The van der Waals surface area contributed by atoms with Gasteiger partial charge in [0, 0.05) is 6.07 Å². The van der Waals surface area contributed by atoms with Crippen LogP contribution >= 0.6 is 0 Å². The first-order valence-corrected chi connectivity index (χ1v) is 9.83. The van der Waals surface area contributed by atoms with E-state index in [-0.39, 0.29) is 5.69 Å². The average molecular weight is 445 g/mol. The molecule has 1 N–H and O–H groups in total. The second-order valence-electron chi connectivity index (χ2n) is 6.94. The molecular weight excluding hydrogens is 426 g/mol. The van der Waals surface area contributed by atoms with E-state index in [1.807, 2.05) is 24.3 Å². The average Bonchev–Trinajstić information content (AvgIpc) is 3.31. The number of ether oxygens (including phenoxy) is 2. The van der Waals surface area contributed by atoms with E-state index < -0.39 is 10.8 Å². The molecule has 1 heterocycles. The van der Waals surface area contributed by atoms with Gasteiger partial charge in [0.05, 0.1) is 42.6 Å². The second-order valence-corrected chi connectivity index (χ2v) is 6.94. The number of furan rings is 1. The minimum absolute atomic E-state index is 0.0872. The van der Waals surface area contributed by atoms with Crippen molar-refractivity contribution in [1.29, 1.82) is 0 Å². The molecule has 4 rings (SSSR count). The van der Waals surface area contributed by atoms with Crippen molar-refractivity contribution in [3.8, 4) is 22.8 Å². The maximum Gasteiger partial charge on any atom is 0.275 e. The fourth-order valence-corrected chi connectivity index (χ4v) is 3.34. The maximum absolute atomic E-state index is 12.6. The Labute approximate surface area is 188 Å². The number of nitro benzene ring substituents is 1. The van der Waals surface area contributed by atoms with Crippen molar-refractivity contribution in [2.75, 3.05) is 14.2 Å². The Morgan fingerprint density at radius 3 is 2.42 bits per heavy atom. The van der Waals surface area contributed by atoms with Gasteiger partial charge >= 0.3 is 0 Å². The molecule has 0 aliphatic rings. The predicted octanol–water partition coefficient (Wildman–Crippen LogP) is 4.79. The zero-order valence-corrected chi connectivity index (χ0v) is 17.8. The van der Waals surface area contributed by atoms with Gasteiger partial charge in [-0.05, 0) is 41.1 Å². The zero-order chi connectivity index (χ0) is 23.4. The molecule has 0 aliphatic carbocycles. The van der Waals surface area contributed by atoms with Gasteiger partial charge in [-0.3, -0.25) is 14.9 Å². The third-order valence-electron chi connectivity index (χ3n) is 4.96. The monoisotopic (exact) mass is 445 g/mol. The van der Waals surface area contributed by atoms with Crippen LogP contribution in [0.15, 0.2) is 76.2 Å². The fraction of sp³-hybridized carbons (Fsp3) is 0.0833. The van der Waals surface area contributed by atoms with Crippen LogP contribution in [0.3, 0.4) is 0 Å². The molecule has 166 valence electrons. The summed E-state index contributed by atoms with van der Waals surface area (Å²) >= 11 is 0. The Balaban J connectivity index is 1.51. The summed E-state index contributed by atoms with van der Waals surface area (Å²) in [4.78, 5) is 23.1. The lowest BCUT2D eigenvalue weighted by atomic mass is 10.1. The van der Waals surface area contributed by atoms with Gasteiger partial charge in [-0.15, -0.1) is 0 Å². The highest BCUT2D eigenvalue weighted by Crippen LogP contribution is 2.34. The van der Waals surface area contributed by atoms with Gasteiger partial charge < -0.3 is 13.9 Å². The van der Waals surface area contributed by atoms with E-state index in [2.05, 4.69) is 10.5 Å². The molecule has 9 heteroatoms. The van der Waals surface area contributed by atoms with Gasteiger partial charge in [0.15, 0.2) is 0 Å². The highest BCUT2D eigenvalue weighted by Gasteiger charge is 2.16. The van der Waals surface area contributed by atoms with E-state index >= 15 is 0 Å². The van der Waals surface area contributed by atoms with E-state index in [0.717, 1.165) is 10.8 Å². The topological polar surface area (TPSA) is 116 Å². The van der Waals surface area contributed by atoms with Crippen LogP contribution in [0.2, 0.25) is 0 Å². The van der Waals surface area contributed by atoms with Crippen molar-refractivity contribution in [1.82, 2.24) is 5.43 Å². The largest absolute Gasteiger partial charge is 0.496 e. The van der Waals surface area contributed by atoms with Crippen LogP contribution in [0.1, 0.15) is 16.1 Å². The van der Waals surface area contributed by atoms with Crippen LogP contribution in [0.5, 0.6) is 11.5 Å². The number of nitrogens with one attached hydrogen (secondary N) is 1. The molecule has 0 atom stereocenters. The van der Waals surface area contributed by atoms with E-state index in [0.29, 0.717) is 34.1 Å². The number of nitro groups is 1. The quantitative estimate of drug-likeness (QED) is 0.248. The molecule has 3 aromatic carbocycles. The lowest BCUT2D eigenvalue weighted by molar-refractivity contribution is -0.384. The normalized spacial score (nSPS) is 11.0. The number of fused-ring (bicyclic) bond motifs is 1. The van der Waals surface area contributed by atoms with Gasteiger partial charge in [0.2, 0.25) is 0 Å². The maximum atomic E-state index is 12.6. The summed E-state index contributed by atoms with van der Waals surface area (Å²) in [6.45, 7) is 0. The van der Waals surface area contributed by atoms with Crippen LogP contribution in [-0.4, -0.2) is 31.3 Å². The van der Waals surface area contributed by atoms with Crippen molar-refractivity contribution in [2.24, 2.45) is 5.10 Å². The number of carbonyl (C=O) groups excluding carboxylic acids is 1. The summed E-state index contributed by atoms with van der Waals surface area (Å²) in [5.41, 5.74) is 3.28. The minimum atomic E-state index is -0.500. The van der Waals surface area contributed by atoms with Crippen LogP contribution in [0.4, 0.5) is 5.69 Å². The summed E-state index contributed by atoms with van der Waals surface area (Å²) in [6.07, 6.45) is 1.35. The van der Waals surface area contributed by atoms with Gasteiger partial charge in [0.1, 0.15) is 23.0 Å². The van der Waals surface area contributed by atoms with Crippen molar-refractivity contribution in [2.45, 2.75) is 0 Å². The summed E-state index contributed by atoms with van der Waals surface area (Å²) in [5.74, 6) is 1.12. The molecule has 0 spiro atoms. The highest BCUT2D eigenvalue weighted by molar-refractivity contribution is 6.01. The Hall–Kier alpha value is -4.66. The summed E-state index contributed by atoms with van der Waals surface area (Å²) < 4.78 is 16.3. The standard InChI is InChI=1S/C24H19N3O6/c1-31-22-12-16-6-4-3-5-15(16)11-20(22)24(28)26-25-14-18-8-10-21(33-18)19-9-7-17(27(29)30)13-23(19)32-2/h3-14H,1-2H3,(H,26,28)/b25-14-. The third-order valence-corrected chi connectivity index (χ3v) is 4.96. The van der Waals surface area contributed by atoms with Crippen LogP contribution in [0.25, 0.3) is 22.1 Å². The zero-order valence-electron chi connectivity index (χ0n) is 17.8. The number of non-ortho nitro benzene ring substituents is 1. The Bertz CT molecular complexity index is 1380. The molecule has 0 unspecified atom stereocenters. The number of carbonyl (C=O) groups is 1. The Kier molecular flexibility index (Phi) is 6.03. The first-order chi connectivity index (χ1) is 16.0. The van der Waals surface area contributed by atoms with Gasteiger partial charge in [-0.25, -0.2) is 5.43 Å². The van der Waals surface area contributed by atoms with E-state index in [4.69, 9.17) is 13.9 Å². The highest BCUT2D eigenvalue weighted by atomic mass is 16.6. The van der Waals surface area contributed by atoms with Gasteiger partial charge in [-0.2, -0.15) is 5.10 Å². The van der Waals surface area contributed by atoms with Crippen molar-refractivity contribution in [3.05, 3.63) is 88.2 Å². The smallest absolute Gasteiger partial charge is 0.275 e. The van der Waals surface area contributed by atoms with Crippen LogP contribution < -0.4 is 14.9 Å². The third kappa shape index (κ3) is 4.52. The molecule has 1 aromatic heterocycles. The predicted molar refractivity (Wildman–Crippen MR) is 123 cm³/mol. The number of hydrogen-bond donors (Lipinski definition) is 1. The molecule has 0 saturated carbocycles. The van der Waals surface area contributed by atoms with Crippen molar-refractivity contribution >= 4 is 28.6 Å². The SMILES string of the molecule is COc1cc2ccccc2cc1C(=O)N/N=C\c1ccc(-c2ccc([N+](=O)[O-])cc2OC)o1. The van der Waals surface area contributed by atoms with E-state index in [1.165, 1.54) is 32.6 Å². The number of benzene rings is 3. The molecule has 0 aliphatic heterocycles. The lowest BCUT2D eigenvalue weighted by Gasteiger charge is -2.09. The summed E-state index contributed by atoms with van der Waals surface area (Å²) in [5, 5.41) is 16.8.